The zero-order chi connectivity index (χ0) is 18.4. The molecule has 0 saturated carbocycles. The van der Waals surface area contributed by atoms with Crippen LogP contribution >= 0.6 is 0 Å². The number of nitrogens with zero attached hydrogens (tertiary/aromatic N) is 2. The van der Waals surface area contributed by atoms with Gasteiger partial charge in [0, 0.05) is 31.9 Å². The van der Waals surface area contributed by atoms with Crippen molar-refractivity contribution in [2.45, 2.75) is 39.7 Å². The molecule has 2 rings (SSSR count). The molecule has 1 aliphatic rings. The second-order valence-corrected chi connectivity index (χ2v) is 7.01. The van der Waals surface area contributed by atoms with Crippen molar-refractivity contribution in [2.24, 2.45) is 5.92 Å². The second kappa shape index (κ2) is 8.74. The van der Waals surface area contributed by atoms with Crippen LogP contribution in [0.15, 0.2) is 24.3 Å². The lowest BCUT2D eigenvalue weighted by Crippen LogP contribution is -2.40. The molecular formula is C19H29N3O3. The predicted octanol–water partition coefficient (Wildman–Crippen LogP) is 2.88. The quantitative estimate of drug-likeness (QED) is 0.891. The van der Waals surface area contributed by atoms with Gasteiger partial charge in [0.25, 0.3) is 5.91 Å². The topological polar surface area (TPSA) is 61.9 Å². The first-order valence-corrected chi connectivity index (χ1v) is 8.91. The summed E-state index contributed by atoms with van der Waals surface area (Å²) in [5.74, 6) is 1.35. The van der Waals surface area contributed by atoms with Crippen LogP contribution in [-0.4, -0.2) is 49.6 Å². The van der Waals surface area contributed by atoms with E-state index in [4.69, 9.17) is 4.74 Å². The number of urea groups is 1. The highest BCUT2D eigenvalue weighted by molar-refractivity contribution is 5.91. The maximum absolute atomic E-state index is 12.2. The highest BCUT2D eigenvalue weighted by atomic mass is 16.5. The molecule has 1 heterocycles. The third-order valence-corrected chi connectivity index (χ3v) is 4.44. The molecule has 1 saturated heterocycles. The Morgan fingerprint density at radius 2 is 1.84 bits per heavy atom. The zero-order valence-corrected chi connectivity index (χ0v) is 15.6. The molecule has 0 aromatic heterocycles. The molecule has 0 radical (unpaired) electrons. The number of ether oxygens (including phenoxy) is 1. The van der Waals surface area contributed by atoms with Crippen LogP contribution in [-0.2, 0) is 4.79 Å². The van der Waals surface area contributed by atoms with Crippen LogP contribution in [0.3, 0.4) is 0 Å². The number of carbonyl (C=O) groups is 2. The van der Waals surface area contributed by atoms with Gasteiger partial charge in [-0.1, -0.05) is 6.92 Å². The van der Waals surface area contributed by atoms with Crippen LogP contribution < -0.4 is 15.0 Å². The molecule has 1 N–H and O–H groups in total. The van der Waals surface area contributed by atoms with Crippen molar-refractivity contribution in [3.05, 3.63) is 24.3 Å². The molecule has 1 aliphatic heterocycles. The van der Waals surface area contributed by atoms with Gasteiger partial charge < -0.3 is 15.0 Å². The van der Waals surface area contributed by atoms with E-state index < -0.39 is 0 Å². The number of carbonyl (C=O) groups excluding carboxylic acids is 2. The number of amides is 3. The molecule has 1 fully saturated rings. The summed E-state index contributed by atoms with van der Waals surface area (Å²) in [4.78, 5) is 27.6. The van der Waals surface area contributed by atoms with Gasteiger partial charge in [0.15, 0.2) is 6.61 Å². The van der Waals surface area contributed by atoms with Crippen LogP contribution in [0, 0.1) is 5.92 Å². The van der Waals surface area contributed by atoms with E-state index in [0.29, 0.717) is 11.7 Å². The molecule has 1 aromatic carbocycles. The Morgan fingerprint density at radius 1 is 1.24 bits per heavy atom. The van der Waals surface area contributed by atoms with Crippen molar-refractivity contribution >= 4 is 17.6 Å². The monoisotopic (exact) mass is 347 g/mol. The minimum Gasteiger partial charge on any atom is -0.484 e. The molecule has 6 heteroatoms. The first-order chi connectivity index (χ1) is 11.9. The maximum atomic E-state index is 12.2. The van der Waals surface area contributed by atoms with Gasteiger partial charge in [0.05, 0.1) is 0 Å². The maximum Gasteiger partial charge on any atom is 0.321 e. The van der Waals surface area contributed by atoms with E-state index in [1.165, 1.54) is 0 Å². The van der Waals surface area contributed by atoms with Crippen LogP contribution in [0.2, 0.25) is 0 Å². The second-order valence-electron chi connectivity index (χ2n) is 7.01. The largest absolute Gasteiger partial charge is 0.484 e. The average molecular weight is 347 g/mol. The van der Waals surface area contributed by atoms with E-state index in [1.54, 1.807) is 24.1 Å². The molecule has 0 bridgehead atoms. The Balaban J connectivity index is 1.83. The fourth-order valence-corrected chi connectivity index (χ4v) is 2.72. The van der Waals surface area contributed by atoms with E-state index in [2.05, 4.69) is 12.2 Å². The summed E-state index contributed by atoms with van der Waals surface area (Å²) in [6.45, 7) is 7.75. The summed E-state index contributed by atoms with van der Waals surface area (Å²) in [7, 11) is 1.72. The summed E-state index contributed by atoms with van der Waals surface area (Å²) < 4.78 is 5.60. The summed E-state index contributed by atoms with van der Waals surface area (Å²) >= 11 is 0. The molecule has 0 atom stereocenters. The van der Waals surface area contributed by atoms with Crippen molar-refractivity contribution in [1.29, 1.82) is 0 Å². The molecule has 0 unspecified atom stereocenters. The van der Waals surface area contributed by atoms with Crippen molar-refractivity contribution in [1.82, 2.24) is 10.2 Å². The number of rotatable bonds is 5. The smallest absolute Gasteiger partial charge is 0.321 e. The van der Waals surface area contributed by atoms with Gasteiger partial charge in [-0.25, -0.2) is 4.79 Å². The van der Waals surface area contributed by atoms with Crippen LogP contribution in [0.5, 0.6) is 5.75 Å². The van der Waals surface area contributed by atoms with Crippen LogP contribution in [0.1, 0.15) is 33.6 Å². The fourth-order valence-electron chi connectivity index (χ4n) is 2.72. The van der Waals surface area contributed by atoms with Crippen molar-refractivity contribution in [3.8, 4) is 5.75 Å². The third-order valence-electron chi connectivity index (χ3n) is 4.44. The lowest BCUT2D eigenvalue weighted by molar-refractivity contribution is -0.134. The fraction of sp³-hybridized carbons (Fsp3) is 0.579. The minimum atomic E-state index is -0.154. The van der Waals surface area contributed by atoms with Crippen LogP contribution in [0.25, 0.3) is 0 Å². The number of anilines is 1. The van der Waals surface area contributed by atoms with Gasteiger partial charge in [-0.05, 0) is 56.9 Å². The van der Waals surface area contributed by atoms with Crippen molar-refractivity contribution in [3.63, 3.8) is 0 Å². The molecule has 25 heavy (non-hydrogen) atoms. The van der Waals surface area contributed by atoms with Gasteiger partial charge in [-0.2, -0.15) is 0 Å². The summed E-state index contributed by atoms with van der Waals surface area (Å²) in [5, 5.41) is 2.84. The minimum absolute atomic E-state index is 0.0319. The highest BCUT2D eigenvalue weighted by Gasteiger charge is 2.20. The van der Waals surface area contributed by atoms with E-state index in [-0.39, 0.29) is 24.6 Å². The van der Waals surface area contributed by atoms with Crippen molar-refractivity contribution < 1.29 is 14.3 Å². The summed E-state index contributed by atoms with van der Waals surface area (Å²) in [6, 6.07) is 7.10. The molecule has 1 aromatic rings. The molecule has 138 valence electrons. The van der Waals surface area contributed by atoms with Gasteiger partial charge in [0.2, 0.25) is 0 Å². The van der Waals surface area contributed by atoms with E-state index in [1.807, 2.05) is 30.9 Å². The first-order valence-electron chi connectivity index (χ1n) is 8.91. The predicted molar refractivity (Wildman–Crippen MR) is 99.0 cm³/mol. The zero-order valence-electron chi connectivity index (χ0n) is 15.6. The standard InChI is InChI=1S/C19H29N3O3/c1-14(2)20-19(24)21(4)16-5-7-17(8-6-16)25-13-18(23)22-11-9-15(3)10-12-22/h5-8,14-15H,9-13H2,1-4H3,(H,20,24). The molecule has 0 spiro atoms. The van der Waals surface area contributed by atoms with Gasteiger partial charge in [0.1, 0.15) is 5.75 Å². The Hall–Kier alpha value is -2.24. The molecule has 3 amide bonds. The number of nitrogens with one attached hydrogen (secondary N) is 1. The Kier molecular flexibility index (Phi) is 6.67. The first kappa shape index (κ1) is 19.1. The number of hydrogen-bond acceptors (Lipinski definition) is 3. The third kappa shape index (κ3) is 5.66. The Bertz CT molecular complexity index is 578. The lowest BCUT2D eigenvalue weighted by Gasteiger charge is -2.30. The van der Waals surface area contributed by atoms with E-state index in [0.717, 1.165) is 31.6 Å². The highest BCUT2D eigenvalue weighted by Crippen LogP contribution is 2.20. The number of likely N-dealkylation sites (tertiary alicyclic amines) is 1. The van der Waals surface area contributed by atoms with Gasteiger partial charge >= 0.3 is 6.03 Å². The van der Waals surface area contributed by atoms with Gasteiger partial charge in [-0.15, -0.1) is 0 Å². The lowest BCUT2D eigenvalue weighted by atomic mass is 9.99. The van der Waals surface area contributed by atoms with Gasteiger partial charge in [-0.3, -0.25) is 9.69 Å². The van der Waals surface area contributed by atoms with E-state index in [9.17, 15) is 9.59 Å². The van der Waals surface area contributed by atoms with E-state index >= 15 is 0 Å². The number of hydrogen-bond donors (Lipinski definition) is 1. The molecule has 0 aliphatic carbocycles. The van der Waals surface area contributed by atoms with Crippen molar-refractivity contribution in [2.75, 3.05) is 31.6 Å². The summed E-state index contributed by atoms with van der Waals surface area (Å²) in [6.07, 6.45) is 2.12. The number of piperidine rings is 1. The van der Waals surface area contributed by atoms with Crippen LogP contribution in [0.4, 0.5) is 10.5 Å². The SMILES string of the molecule is CC1CCN(C(=O)COc2ccc(N(C)C(=O)NC(C)C)cc2)CC1. The molecule has 6 nitrogen and oxygen atoms in total. The normalized spacial score (nSPS) is 15.2. The Morgan fingerprint density at radius 3 is 2.40 bits per heavy atom. The average Bonchev–Trinajstić information content (AvgIpc) is 2.59. The number of benzene rings is 1. The molecular weight excluding hydrogens is 318 g/mol. The Labute approximate surface area is 150 Å². The summed E-state index contributed by atoms with van der Waals surface area (Å²) in [5.41, 5.74) is 0.766.